The van der Waals surface area contributed by atoms with Gasteiger partial charge in [0.2, 0.25) is 11.8 Å². The highest BCUT2D eigenvalue weighted by Crippen LogP contribution is 2.35. The highest BCUT2D eigenvalue weighted by molar-refractivity contribution is 6.21. The van der Waals surface area contributed by atoms with Gasteiger partial charge in [-0.25, -0.2) is 0 Å². The zero-order chi connectivity index (χ0) is 17.4. The monoisotopic (exact) mass is 336 g/mol. The van der Waals surface area contributed by atoms with Crippen molar-refractivity contribution in [3.63, 3.8) is 0 Å². The van der Waals surface area contributed by atoms with E-state index < -0.39 is 12.1 Å². The highest BCUT2D eigenvalue weighted by atomic mass is 16.7. The van der Waals surface area contributed by atoms with Crippen LogP contribution < -0.4 is 11.0 Å². The van der Waals surface area contributed by atoms with E-state index in [9.17, 15) is 9.59 Å². The summed E-state index contributed by atoms with van der Waals surface area (Å²) < 4.78 is 0. The minimum Gasteiger partial charge on any atom is -0.389 e. The van der Waals surface area contributed by atoms with Crippen molar-refractivity contribution in [3.05, 3.63) is 22.9 Å². The molecule has 2 aliphatic heterocycles. The maximum atomic E-state index is 13.0. The molecule has 2 atom stereocenters. The number of hydrogen-bond acceptors (Lipinski definition) is 8. The molecule has 1 saturated carbocycles. The minimum absolute atomic E-state index is 0.177. The molecule has 24 heavy (non-hydrogen) atoms. The Morgan fingerprint density at radius 1 is 0.750 bits per heavy atom. The van der Waals surface area contributed by atoms with E-state index in [1.807, 2.05) is 37.5 Å². The van der Waals surface area contributed by atoms with Gasteiger partial charge in [0, 0.05) is 26.2 Å². The highest BCUT2D eigenvalue weighted by Gasteiger charge is 2.53. The zero-order valence-electron chi connectivity index (χ0n) is 14.5. The lowest BCUT2D eigenvalue weighted by Crippen LogP contribution is -2.50. The van der Waals surface area contributed by atoms with Crippen molar-refractivity contribution in [1.82, 2.24) is 20.8 Å². The molecule has 1 fully saturated rings. The Kier molecular flexibility index (Phi) is 4.51. The standard InChI is InChI=1S/C16H24N4O4/c1-5-19(6-2)15-9-11(17-23-15)14(22)10-12(13(9)21)18-24-16(10)20(7-3)8-4/h11-12,17-18H,5-8H2,1-4H3. The van der Waals surface area contributed by atoms with Gasteiger partial charge < -0.3 is 19.5 Å². The van der Waals surface area contributed by atoms with E-state index in [0.717, 1.165) is 0 Å². The summed E-state index contributed by atoms with van der Waals surface area (Å²) in [5.74, 6) is 0.535. The smallest absolute Gasteiger partial charge is 0.223 e. The van der Waals surface area contributed by atoms with Gasteiger partial charge in [0.05, 0.1) is 11.1 Å². The Morgan fingerprint density at radius 2 is 1.08 bits per heavy atom. The van der Waals surface area contributed by atoms with Crippen LogP contribution in [0.5, 0.6) is 0 Å². The first-order valence-electron chi connectivity index (χ1n) is 8.50. The van der Waals surface area contributed by atoms with Crippen molar-refractivity contribution in [2.24, 2.45) is 0 Å². The molecule has 2 N–H and O–H groups in total. The van der Waals surface area contributed by atoms with Crippen molar-refractivity contribution in [2.75, 3.05) is 26.2 Å². The number of rotatable bonds is 6. The zero-order valence-corrected chi connectivity index (χ0v) is 14.5. The van der Waals surface area contributed by atoms with Gasteiger partial charge in [0.25, 0.3) is 0 Å². The number of hydrogen-bond donors (Lipinski definition) is 2. The van der Waals surface area contributed by atoms with E-state index in [2.05, 4.69) is 11.0 Å². The number of ketones is 2. The molecule has 0 aromatic heterocycles. The first kappa shape index (κ1) is 16.8. The summed E-state index contributed by atoms with van der Waals surface area (Å²) in [6.45, 7) is 10.7. The average molecular weight is 336 g/mol. The summed E-state index contributed by atoms with van der Waals surface area (Å²) in [5, 5.41) is 0. The lowest BCUT2D eigenvalue weighted by molar-refractivity contribution is -0.126. The molecule has 3 rings (SSSR count). The summed E-state index contributed by atoms with van der Waals surface area (Å²) >= 11 is 0. The largest absolute Gasteiger partial charge is 0.389 e. The number of nitrogens with one attached hydrogen (secondary N) is 2. The molecule has 0 radical (unpaired) electrons. The molecule has 8 heteroatoms. The van der Waals surface area contributed by atoms with Crippen LogP contribution in [0.1, 0.15) is 27.7 Å². The van der Waals surface area contributed by atoms with Crippen LogP contribution in [0.25, 0.3) is 0 Å². The minimum atomic E-state index is -0.770. The van der Waals surface area contributed by atoms with Crippen LogP contribution in [0.3, 0.4) is 0 Å². The number of nitrogens with zero attached hydrogens (tertiary/aromatic N) is 2. The summed E-state index contributed by atoms with van der Waals surface area (Å²) in [6.07, 6.45) is 0. The lowest BCUT2D eigenvalue weighted by Gasteiger charge is -2.25. The third kappa shape index (κ3) is 2.29. The quantitative estimate of drug-likeness (QED) is 0.704. The Labute approximate surface area is 141 Å². The molecule has 0 amide bonds. The number of hydroxylamine groups is 2. The summed E-state index contributed by atoms with van der Waals surface area (Å²) in [4.78, 5) is 40.8. The molecule has 8 nitrogen and oxygen atoms in total. The predicted octanol–water partition coefficient (Wildman–Crippen LogP) is 0.0518. The van der Waals surface area contributed by atoms with Crippen molar-refractivity contribution >= 4 is 11.6 Å². The van der Waals surface area contributed by atoms with Gasteiger partial charge in [-0.3, -0.25) is 9.59 Å². The van der Waals surface area contributed by atoms with Crippen LogP contribution in [-0.2, 0) is 19.3 Å². The van der Waals surface area contributed by atoms with Gasteiger partial charge in [-0.1, -0.05) is 0 Å². The molecular formula is C16H24N4O4. The second-order valence-corrected chi connectivity index (χ2v) is 5.82. The number of fused-ring (bicyclic) bond motifs is 2. The van der Waals surface area contributed by atoms with Gasteiger partial charge >= 0.3 is 0 Å². The van der Waals surface area contributed by atoms with Crippen molar-refractivity contribution in [3.8, 4) is 0 Å². The third-order valence-electron chi connectivity index (χ3n) is 4.74. The first-order valence-corrected chi connectivity index (χ1v) is 8.50. The van der Waals surface area contributed by atoms with Crippen LogP contribution in [0.2, 0.25) is 0 Å². The van der Waals surface area contributed by atoms with E-state index in [1.165, 1.54) is 0 Å². The van der Waals surface area contributed by atoms with Crippen LogP contribution in [-0.4, -0.2) is 59.6 Å². The van der Waals surface area contributed by atoms with Crippen molar-refractivity contribution in [1.29, 1.82) is 0 Å². The second-order valence-electron chi connectivity index (χ2n) is 5.82. The van der Waals surface area contributed by atoms with E-state index >= 15 is 0 Å². The molecule has 2 unspecified atom stereocenters. The molecule has 132 valence electrons. The molecule has 0 bridgehead atoms. The lowest BCUT2D eigenvalue weighted by atomic mass is 9.81. The molecule has 0 saturated heterocycles. The van der Waals surface area contributed by atoms with Gasteiger partial charge in [-0.2, -0.15) is 0 Å². The topological polar surface area (TPSA) is 83.1 Å². The Bertz CT molecular complexity index is 566. The van der Waals surface area contributed by atoms with Crippen molar-refractivity contribution < 1.29 is 19.3 Å². The molecule has 3 aliphatic rings. The fourth-order valence-corrected chi connectivity index (χ4v) is 3.37. The Balaban J connectivity index is 2.04. The average Bonchev–Trinajstić information content (AvgIpc) is 3.21. The van der Waals surface area contributed by atoms with Crippen LogP contribution in [0.4, 0.5) is 0 Å². The molecule has 1 aliphatic carbocycles. The van der Waals surface area contributed by atoms with Crippen LogP contribution in [0, 0.1) is 0 Å². The fraction of sp³-hybridized carbons (Fsp3) is 0.625. The Morgan fingerprint density at radius 3 is 1.38 bits per heavy atom. The fourth-order valence-electron chi connectivity index (χ4n) is 3.37. The number of carbonyl (C=O) groups excluding carboxylic acids is 2. The summed E-state index contributed by atoms with van der Waals surface area (Å²) in [7, 11) is 0. The number of carbonyl (C=O) groups is 2. The maximum absolute atomic E-state index is 13.0. The van der Waals surface area contributed by atoms with Crippen LogP contribution >= 0.6 is 0 Å². The van der Waals surface area contributed by atoms with Gasteiger partial charge in [0.1, 0.15) is 12.1 Å². The van der Waals surface area contributed by atoms with Gasteiger partial charge in [0.15, 0.2) is 11.6 Å². The third-order valence-corrected chi connectivity index (χ3v) is 4.74. The first-order chi connectivity index (χ1) is 11.6. The number of Topliss-reactive ketones (excluding diaryl/α,β-unsaturated/α-hetero) is 2. The molecular weight excluding hydrogens is 312 g/mol. The molecule has 0 aromatic rings. The predicted molar refractivity (Wildman–Crippen MR) is 85.9 cm³/mol. The van der Waals surface area contributed by atoms with E-state index in [1.54, 1.807) is 0 Å². The van der Waals surface area contributed by atoms with Gasteiger partial charge in [-0.05, 0) is 27.7 Å². The normalized spacial score (nSPS) is 25.5. The van der Waals surface area contributed by atoms with E-state index in [4.69, 9.17) is 9.68 Å². The molecule has 0 aromatic carbocycles. The van der Waals surface area contributed by atoms with E-state index in [-0.39, 0.29) is 11.6 Å². The summed E-state index contributed by atoms with van der Waals surface area (Å²) in [6, 6.07) is -1.54. The van der Waals surface area contributed by atoms with E-state index in [0.29, 0.717) is 49.1 Å². The van der Waals surface area contributed by atoms with Crippen LogP contribution in [0.15, 0.2) is 22.9 Å². The SMILES string of the molecule is CCN(CC)C1=C2C(=O)C3NOC(N(CC)CC)=C3C(=O)C2NO1. The maximum Gasteiger partial charge on any atom is 0.223 e. The molecule has 2 heterocycles. The van der Waals surface area contributed by atoms with Gasteiger partial charge in [-0.15, -0.1) is 11.0 Å². The summed E-state index contributed by atoms with van der Waals surface area (Å²) in [5.41, 5.74) is 6.22. The van der Waals surface area contributed by atoms with Crippen molar-refractivity contribution in [2.45, 2.75) is 39.8 Å². The second kappa shape index (κ2) is 6.45. The Hall–Kier alpha value is -2.06. The molecule has 0 spiro atoms.